The normalized spacial score (nSPS) is 17.2. The van der Waals surface area contributed by atoms with Crippen molar-refractivity contribution in [1.29, 1.82) is 0 Å². The number of aromatic nitrogens is 2. The number of carbonyl (C=O) groups is 4. The molecule has 1 aromatic heterocycles. The minimum absolute atomic E-state index is 0.0391. The first-order chi connectivity index (χ1) is 22.7. The molecule has 12 nitrogen and oxygen atoms in total. The number of ether oxygens (including phenoxy) is 2. The van der Waals surface area contributed by atoms with Gasteiger partial charge in [-0.05, 0) is 31.9 Å². The largest absolute Gasteiger partial charge is 0.493 e. The van der Waals surface area contributed by atoms with E-state index in [4.69, 9.17) is 19.4 Å². The van der Waals surface area contributed by atoms with Crippen LogP contribution in [0.4, 0.5) is 11.8 Å². The van der Waals surface area contributed by atoms with Gasteiger partial charge in [0, 0.05) is 61.4 Å². The Balaban J connectivity index is 1.35. The molecule has 2 aromatic carbocycles. The molecule has 0 radical (unpaired) electrons. The zero-order valence-electron chi connectivity index (χ0n) is 27.1. The molecule has 2 saturated heterocycles. The Morgan fingerprint density at radius 2 is 1.70 bits per heavy atom. The van der Waals surface area contributed by atoms with E-state index in [-0.39, 0.29) is 22.8 Å². The average Bonchev–Trinajstić information content (AvgIpc) is 3.60. The number of thioether (sulfide) groups is 1. The number of piperazine rings is 1. The average molecular weight is 661 g/mol. The molecule has 5 rings (SSSR count). The highest BCUT2D eigenvalue weighted by molar-refractivity contribution is 8.14. The summed E-state index contributed by atoms with van der Waals surface area (Å²) in [5.41, 5.74) is 1.13. The first-order valence-electron chi connectivity index (χ1n) is 15.7. The van der Waals surface area contributed by atoms with E-state index in [1.54, 1.807) is 65.3 Å². The molecule has 2 aliphatic rings. The van der Waals surface area contributed by atoms with E-state index in [2.05, 4.69) is 5.32 Å². The Kier molecular flexibility index (Phi) is 11.0. The topological polar surface area (TPSA) is 134 Å². The third-order valence-corrected chi connectivity index (χ3v) is 9.51. The summed E-state index contributed by atoms with van der Waals surface area (Å²) >= 11 is 1.11. The summed E-state index contributed by atoms with van der Waals surface area (Å²) in [5, 5.41) is 3.46. The summed E-state index contributed by atoms with van der Waals surface area (Å²) < 4.78 is 11.0. The zero-order chi connectivity index (χ0) is 33.5. The number of hydrogen-bond donors (Lipinski definition) is 1. The molecule has 47 heavy (non-hydrogen) atoms. The molecule has 0 saturated carbocycles. The second kappa shape index (κ2) is 15.3. The van der Waals surface area contributed by atoms with Gasteiger partial charge in [0.05, 0.1) is 19.7 Å². The van der Waals surface area contributed by atoms with Crippen molar-refractivity contribution in [2.45, 2.75) is 32.7 Å². The standard InChI is InChI=1S/C34H40N6O6S/c1-5-10-29(41)38-15-17-39(18-16-38)34-35-25-20-28(46-4)27(45-3)19-24(25)30(37-34)36-31(42)26-13-9-14-40(26)32(43)22(2)21-47-33(44)23-11-7-6-8-12-23/h5-8,10-12,19-20,22,26H,9,13-18,21H2,1-4H3,(H,35,36,37,42)/t22?,26-/m0/s1. The smallest absolute Gasteiger partial charge is 0.248 e. The highest BCUT2D eigenvalue weighted by Crippen LogP contribution is 2.35. The predicted molar refractivity (Wildman–Crippen MR) is 182 cm³/mol. The van der Waals surface area contributed by atoms with Gasteiger partial charge in [-0.3, -0.25) is 19.2 Å². The maximum atomic E-state index is 13.8. The van der Waals surface area contributed by atoms with Crippen LogP contribution in [0, 0.1) is 5.92 Å². The van der Waals surface area contributed by atoms with E-state index >= 15 is 0 Å². The quantitative estimate of drug-likeness (QED) is 0.318. The number of carbonyl (C=O) groups excluding carboxylic acids is 4. The van der Waals surface area contributed by atoms with E-state index in [0.717, 1.165) is 11.8 Å². The Labute approximate surface area is 278 Å². The third-order valence-electron chi connectivity index (χ3n) is 8.35. The fourth-order valence-electron chi connectivity index (χ4n) is 5.77. The van der Waals surface area contributed by atoms with Crippen LogP contribution in [0.3, 0.4) is 0 Å². The number of benzene rings is 2. The second-order valence-corrected chi connectivity index (χ2v) is 12.4. The minimum atomic E-state index is -0.686. The van der Waals surface area contributed by atoms with Crippen LogP contribution in [-0.2, 0) is 14.4 Å². The molecule has 0 aliphatic carbocycles. The summed E-state index contributed by atoms with van der Waals surface area (Å²) in [6.45, 7) is 6.10. The Morgan fingerprint density at radius 3 is 2.38 bits per heavy atom. The number of hydrogen-bond acceptors (Lipinski definition) is 10. The summed E-state index contributed by atoms with van der Waals surface area (Å²) in [6.07, 6.45) is 4.47. The van der Waals surface area contributed by atoms with Gasteiger partial charge in [-0.15, -0.1) is 0 Å². The van der Waals surface area contributed by atoms with E-state index in [1.165, 1.54) is 14.2 Å². The first-order valence-corrected chi connectivity index (χ1v) is 16.7. The number of anilines is 2. The van der Waals surface area contributed by atoms with Crippen molar-refractivity contribution >= 4 is 57.3 Å². The molecule has 13 heteroatoms. The maximum absolute atomic E-state index is 13.8. The lowest BCUT2D eigenvalue weighted by atomic mass is 10.1. The van der Waals surface area contributed by atoms with Crippen LogP contribution in [0.25, 0.3) is 10.9 Å². The Hall–Kier alpha value is -4.65. The Morgan fingerprint density at radius 1 is 1.00 bits per heavy atom. The Bertz CT molecular complexity index is 1660. The van der Waals surface area contributed by atoms with Crippen molar-refractivity contribution in [1.82, 2.24) is 19.8 Å². The van der Waals surface area contributed by atoms with Gasteiger partial charge in [0.1, 0.15) is 11.9 Å². The highest BCUT2D eigenvalue weighted by Gasteiger charge is 2.36. The molecule has 0 spiro atoms. The lowest BCUT2D eigenvalue weighted by molar-refractivity contribution is -0.139. The van der Waals surface area contributed by atoms with Crippen LogP contribution < -0.4 is 19.7 Å². The molecular formula is C34H40N6O6S. The molecule has 2 fully saturated rings. The van der Waals surface area contributed by atoms with Crippen molar-refractivity contribution in [3.8, 4) is 11.5 Å². The van der Waals surface area contributed by atoms with Crippen LogP contribution in [0.5, 0.6) is 11.5 Å². The highest BCUT2D eigenvalue weighted by atomic mass is 32.2. The summed E-state index contributed by atoms with van der Waals surface area (Å²) in [5.74, 6) is 0.939. The van der Waals surface area contributed by atoms with Crippen molar-refractivity contribution in [3.63, 3.8) is 0 Å². The summed E-state index contributed by atoms with van der Waals surface area (Å²) in [6, 6.07) is 11.7. The molecule has 1 unspecified atom stereocenters. The number of methoxy groups -OCH3 is 2. The van der Waals surface area contributed by atoms with Crippen molar-refractivity contribution in [2.24, 2.45) is 5.92 Å². The van der Waals surface area contributed by atoms with Crippen LogP contribution in [-0.4, -0.2) is 101 Å². The number of nitrogens with zero attached hydrogens (tertiary/aromatic N) is 5. The van der Waals surface area contributed by atoms with Gasteiger partial charge < -0.3 is 29.5 Å². The SMILES string of the molecule is CC=CC(=O)N1CCN(c2nc(NC(=O)[C@@H]3CCCN3C(=O)C(C)CSC(=O)c3ccccc3)c3cc(OC)c(OC)cc3n2)CC1. The number of nitrogens with one attached hydrogen (secondary N) is 1. The maximum Gasteiger partial charge on any atom is 0.248 e. The lowest BCUT2D eigenvalue weighted by Gasteiger charge is -2.34. The first kappa shape index (κ1) is 33.7. The van der Waals surface area contributed by atoms with Crippen molar-refractivity contribution < 1.29 is 28.7 Å². The van der Waals surface area contributed by atoms with Gasteiger partial charge in [0.15, 0.2) is 11.5 Å². The van der Waals surface area contributed by atoms with Crippen LogP contribution >= 0.6 is 11.8 Å². The van der Waals surface area contributed by atoms with Crippen molar-refractivity contribution in [2.75, 3.05) is 62.9 Å². The van der Waals surface area contributed by atoms with Crippen LogP contribution in [0.2, 0.25) is 0 Å². The molecule has 248 valence electrons. The van der Waals surface area contributed by atoms with E-state index in [0.29, 0.717) is 91.0 Å². The third kappa shape index (κ3) is 7.67. The molecule has 3 heterocycles. The molecule has 2 atom stereocenters. The molecule has 0 bridgehead atoms. The number of rotatable bonds is 10. The number of likely N-dealkylation sites (tertiary alicyclic amines) is 1. The lowest BCUT2D eigenvalue weighted by Crippen LogP contribution is -2.49. The minimum Gasteiger partial charge on any atom is -0.493 e. The van der Waals surface area contributed by atoms with Gasteiger partial charge in [0.25, 0.3) is 0 Å². The fourth-order valence-corrected chi connectivity index (χ4v) is 6.62. The van der Waals surface area contributed by atoms with Gasteiger partial charge in [-0.1, -0.05) is 55.1 Å². The predicted octanol–water partition coefficient (Wildman–Crippen LogP) is 4.01. The number of fused-ring (bicyclic) bond motifs is 1. The molecule has 3 aromatic rings. The van der Waals surface area contributed by atoms with E-state index < -0.39 is 12.0 Å². The molecule has 1 N–H and O–H groups in total. The summed E-state index contributed by atoms with van der Waals surface area (Å²) in [4.78, 5) is 67.3. The van der Waals surface area contributed by atoms with E-state index in [9.17, 15) is 19.2 Å². The molecule has 3 amide bonds. The van der Waals surface area contributed by atoms with Gasteiger partial charge in [-0.25, -0.2) is 4.98 Å². The van der Waals surface area contributed by atoms with Gasteiger partial charge >= 0.3 is 0 Å². The summed E-state index contributed by atoms with van der Waals surface area (Å²) in [7, 11) is 3.07. The van der Waals surface area contributed by atoms with Gasteiger partial charge in [-0.2, -0.15) is 4.98 Å². The van der Waals surface area contributed by atoms with Crippen molar-refractivity contribution in [3.05, 3.63) is 60.2 Å². The fraction of sp³-hybridized carbons (Fsp3) is 0.412. The van der Waals surface area contributed by atoms with Gasteiger partial charge in [0.2, 0.25) is 28.8 Å². The number of allylic oxidation sites excluding steroid dienone is 1. The second-order valence-electron chi connectivity index (χ2n) is 11.5. The van der Waals surface area contributed by atoms with E-state index in [1.807, 2.05) is 17.9 Å². The number of amides is 3. The zero-order valence-corrected chi connectivity index (χ0v) is 27.9. The van der Waals surface area contributed by atoms with Crippen LogP contribution in [0.1, 0.15) is 37.0 Å². The molecular weight excluding hydrogens is 620 g/mol. The van der Waals surface area contributed by atoms with Crippen LogP contribution in [0.15, 0.2) is 54.6 Å². The molecule has 2 aliphatic heterocycles. The monoisotopic (exact) mass is 660 g/mol.